The van der Waals surface area contributed by atoms with Crippen molar-refractivity contribution >= 4 is 0 Å². The van der Waals surface area contributed by atoms with E-state index in [0.717, 1.165) is 32.2 Å². The van der Waals surface area contributed by atoms with E-state index >= 15 is 0 Å². The highest BCUT2D eigenvalue weighted by Gasteiger charge is 2.20. The number of aliphatic hydroxyl groups excluding tert-OH is 1. The summed E-state index contributed by atoms with van der Waals surface area (Å²) in [5.74, 6) is 0. The molecule has 2 rings (SSSR count). The van der Waals surface area contributed by atoms with Crippen LogP contribution in [-0.4, -0.2) is 42.3 Å². The van der Waals surface area contributed by atoms with Gasteiger partial charge in [-0.1, -0.05) is 30.3 Å². The SMILES string of the molecule is OCCN(CCNC1CC1)Cc1ccccc1. The molecule has 1 aromatic carbocycles. The van der Waals surface area contributed by atoms with Crippen LogP contribution in [0.3, 0.4) is 0 Å². The van der Waals surface area contributed by atoms with Gasteiger partial charge in [0.2, 0.25) is 0 Å². The molecule has 0 unspecified atom stereocenters. The van der Waals surface area contributed by atoms with Gasteiger partial charge < -0.3 is 10.4 Å². The monoisotopic (exact) mass is 234 g/mol. The molecule has 0 atom stereocenters. The molecule has 0 aromatic heterocycles. The zero-order chi connectivity index (χ0) is 11.9. The first-order valence-electron chi connectivity index (χ1n) is 6.49. The van der Waals surface area contributed by atoms with Crippen LogP contribution in [0.2, 0.25) is 0 Å². The normalized spacial score (nSPS) is 15.4. The van der Waals surface area contributed by atoms with E-state index in [4.69, 9.17) is 5.11 Å². The van der Waals surface area contributed by atoms with Gasteiger partial charge in [-0.15, -0.1) is 0 Å². The Kier molecular flexibility index (Phi) is 4.98. The van der Waals surface area contributed by atoms with Gasteiger partial charge in [-0.05, 0) is 18.4 Å². The third kappa shape index (κ3) is 4.86. The molecule has 17 heavy (non-hydrogen) atoms. The summed E-state index contributed by atoms with van der Waals surface area (Å²) in [6.07, 6.45) is 2.66. The second-order valence-corrected chi connectivity index (χ2v) is 4.71. The molecule has 0 amide bonds. The summed E-state index contributed by atoms with van der Waals surface area (Å²) >= 11 is 0. The second-order valence-electron chi connectivity index (χ2n) is 4.71. The predicted molar refractivity (Wildman–Crippen MR) is 69.8 cm³/mol. The highest BCUT2D eigenvalue weighted by molar-refractivity contribution is 5.14. The lowest BCUT2D eigenvalue weighted by Gasteiger charge is -2.21. The maximum absolute atomic E-state index is 9.07. The lowest BCUT2D eigenvalue weighted by atomic mass is 10.2. The molecule has 0 radical (unpaired) electrons. The van der Waals surface area contributed by atoms with Crippen molar-refractivity contribution in [2.45, 2.75) is 25.4 Å². The van der Waals surface area contributed by atoms with Crippen LogP contribution < -0.4 is 5.32 Å². The lowest BCUT2D eigenvalue weighted by Crippen LogP contribution is -2.34. The number of hydrogen-bond acceptors (Lipinski definition) is 3. The smallest absolute Gasteiger partial charge is 0.0558 e. The van der Waals surface area contributed by atoms with Crippen molar-refractivity contribution in [2.24, 2.45) is 0 Å². The van der Waals surface area contributed by atoms with Crippen LogP contribution in [0.25, 0.3) is 0 Å². The summed E-state index contributed by atoms with van der Waals surface area (Å²) < 4.78 is 0. The second kappa shape index (κ2) is 6.74. The average molecular weight is 234 g/mol. The van der Waals surface area contributed by atoms with Crippen LogP contribution >= 0.6 is 0 Å². The van der Waals surface area contributed by atoms with Crippen molar-refractivity contribution < 1.29 is 5.11 Å². The molecule has 2 N–H and O–H groups in total. The Balaban J connectivity index is 1.74. The van der Waals surface area contributed by atoms with Crippen LogP contribution in [0, 0.1) is 0 Å². The minimum absolute atomic E-state index is 0.232. The van der Waals surface area contributed by atoms with E-state index in [1.807, 2.05) is 6.07 Å². The molecule has 1 aliphatic rings. The van der Waals surface area contributed by atoms with Crippen molar-refractivity contribution in [1.82, 2.24) is 10.2 Å². The van der Waals surface area contributed by atoms with Crippen molar-refractivity contribution in [3.8, 4) is 0 Å². The van der Waals surface area contributed by atoms with E-state index in [9.17, 15) is 0 Å². The van der Waals surface area contributed by atoms with Crippen LogP contribution in [0.15, 0.2) is 30.3 Å². The van der Waals surface area contributed by atoms with Gasteiger partial charge in [0.25, 0.3) is 0 Å². The fraction of sp³-hybridized carbons (Fsp3) is 0.571. The molecule has 94 valence electrons. The van der Waals surface area contributed by atoms with Crippen LogP contribution in [0.1, 0.15) is 18.4 Å². The van der Waals surface area contributed by atoms with Crippen molar-refractivity contribution in [3.05, 3.63) is 35.9 Å². The number of nitrogens with zero attached hydrogens (tertiary/aromatic N) is 1. The molecule has 1 aromatic rings. The fourth-order valence-corrected chi connectivity index (χ4v) is 1.97. The third-order valence-corrected chi connectivity index (χ3v) is 3.10. The van der Waals surface area contributed by atoms with Gasteiger partial charge in [0.1, 0.15) is 0 Å². The van der Waals surface area contributed by atoms with Crippen LogP contribution in [-0.2, 0) is 6.54 Å². The molecule has 0 aliphatic heterocycles. The van der Waals surface area contributed by atoms with E-state index < -0.39 is 0 Å². The zero-order valence-electron chi connectivity index (χ0n) is 10.3. The molecule has 1 fully saturated rings. The molecule has 0 spiro atoms. The number of aliphatic hydroxyl groups is 1. The lowest BCUT2D eigenvalue weighted by molar-refractivity contribution is 0.190. The van der Waals surface area contributed by atoms with Gasteiger partial charge in [0, 0.05) is 32.2 Å². The first-order chi connectivity index (χ1) is 8.38. The number of nitrogens with one attached hydrogen (secondary N) is 1. The summed E-state index contributed by atoms with van der Waals surface area (Å²) in [7, 11) is 0. The Bertz CT molecular complexity index is 311. The van der Waals surface area contributed by atoms with Gasteiger partial charge in [-0.25, -0.2) is 0 Å². The quantitative estimate of drug-likeness (QED) is 0.710. The standard InChI is InChI=1S/C14H22N2O/c17-11-10-16(9-8-15-14-6-7-14)12-13-4-2-1-3-5-13/h1-5,14-15,17H,6-12H2. The first-order valence-corrected chi connectivity index (χ1v) is 6.49. The largest absolute Gasteiger partial charge is 0.395 e. The van der Waals surface area contributed by atoms with Crippen LogP contribution in [0.5, 0.6) is 0 Å². The van der Waals surface area contributed by atoms with Gasteiger partial charge in [0.05, 0.1) is 6.61 Å². The van der Waals surface area contributed by atoms with Crippen molar-refractivity contribution in [3.63, 3.8) is 0 Å². The van der Waals surface area contributed by atoms with Crippen molar-refractivity contribution in [2.75, 3.05) is 26.2 Å². The molecule has 1 saturated carbocycles. The van der Waals surface area contributed by atoms with Gasteiger partial charge in [-0.2, -0.15) is 0 Å². The molecular formula is C14H22N2O. The van der Waals surface area contributed by atoms with Crippen molar-refractivity contribution in [1.29, 1.82) is 0 Å². The number of hydrogen-bond donors (Lipinski definition) is 2. The molecule has 3 nitrogen and oxygen atoms in total. The molecule has 0 saturated heterocycles. The minimum atomic E-state index is 0.232. The average Bonchev–Trinajstić information content (AvgIpc) is 3.15. The van der Waals surface area contributed by atoms with Gasteiger partial charge in [-0.3, -0.25) is 4.90 Å². The highest BCUT2D eigenvalue weighted by Crippen LogP contribution is 2.18. The maximum Gasteiger partial charge on any atom is 0.0558 e. The number of benzene rings is 1. The Morgan fingerprint density at radius 3 is 2.59 bits per heavy atom. The third-order valence-electron chi connectivity index (χ3n) is 3.10. The Morgan fingerprint density at radius 1 is 1.18 bits per heavy atom. The van der Waals surface area contributed by atoms with Crippen LogP contribution in [0.4, 0.5) is 0 Å². The Morgan fingerprint density at radius 2 is 1.94 bits per heavy atom. The number of rotatable bonds is 8. The van der Waals surface area contributed by atoms with E-state index in [1.54, 1.807) is 0 Å². The van der Waals surface area contributed by atoms with Gasteiger partial charge in [0.15, 0.2) is 0 Å². The minimum Gasteiger partial charge on any atom is -0.395 e. The maximum atomic E-state index is 9.07. The Labute approximate surface area is 103 Å². The summed E-state index contributed by atoms with van der Waals surface area (Å²) in [4.78, 5) is 2.30. The van der Waals surface area contributed by atoms with E-state index in [-0.39, 0.29) is 6.61 Å². The molecule has 1 aliphatic carbocycles. The molecule has 0 bridgehead atoms. The molecule has 0 heterocycles. The van der Waals surface area contributed by atoms with Gasteiger partial charge >= 0.3 is 0 Å². The topological polar surface area (TPSA) is 35.5 Å². The zero-order valence-corrected chi connectivity index (χ0v) is 10.3. The van der Waals surface area contributed by atoms with E-state index in [0.29, 0.717) is 0 Å². The highest BCUT2D eigenvalue weighted by atomic mass is 16.3. The van der Waals surface area contributed by atoms with E-state index in [1.165, 1.54) is 18.4 Å². The predicted octanol–water partition coefficient (Wildman–Crippen LogP) is 1.23. The van der Waals surface area contributed by atoms with E-state index in [2.05, 4.69) is 34.5 Å². The summed E-state index contributed by atoms with van der Waals surface area (Å²) in [5.41, 5.74) is 1.31. The fourth-order valence-electron chi connectivity index (χ4n) is 1.97. The summed E-state index contributed by atoms with van der Waals surface area (Å²) in [6.45, 7) is 3.94. The molecular weight excluding hydrogens is 212 g/mol. The summed E-state index contributed by atoms with van der Waals surface area (Å²) in [6, 6.07) is 11.2. The first kappa shape index (κ1) is 12.6. The summed E-state index contributed by atoms with van der Waals surface area (Å²) in [5, 5.41) is 12.6. The Hall–Kier alpha value is -0.900. The molecule has 3 heteroatoms.